The molecule has 3 aromatic rings. The zero-order valence-electron chi connectivity index (χ0n) is 15.8. The van der Waals surface area contributed by atoms with Gasteiger partial charge in [0.1, 0.15) is 17.3 Å². The van der Waals surface area contributed by atoms with Gasteiger partial charge in [-0.15, -0.1) is 0 Å². The Morgan fingerprint density at radius 1 is 1.00 bits per heavy atom. The summed E-state index contributed by atoms with van der Waals surface area (Å²) >= 11 is 5.87. The monoisotopic (exact) mass is 424 g/mol. The van der Waals surface area contributed by atoms with Crippen LogP contribution in [0.1, 0.15) is 11.3 Å². The van der Waals surface area contributed by atoms with Gasteiger partial charge in [-0.3, -0.25) is 4.79 Å². The van der Waals surface area contributed by atoms with Crippen molar-refractivity contribution in [1.29, 1.82) is 5.26 Å². The number of esters is 1. The number of halogens is 1. The molecule has 0 aliphatic carbocycles. The third-order valence-electron chi connectivity index (χ3n) is 3.95. The maximum atomic E-state index is 11.9. The van der Waals surface area contributed by atoms with Crippen molar-refractivity contribution in [2.75, 3.05) is 13.2 Å². The summed E-state index contributed by atoms with van der Waals surface area (Å²) in [6.07, 6.45) is 0. The van der Waals surface area contributed by atoms with Gasteiger partial charge in [-0.2, -0.15) is 5.26 Å². The number of nitrogens with one attached hydrogen (secondary N) is 1. The van der Waals surface area contributed by atoms with Gasteiger partial charge in [-0.05, 0) is 60.7 Å². The Bertz CT molecular complexity index is 1050. The lowest BCUT2D eigenvalue weighted by atomic mass is 10.2. The first-order valence-electron chi connectivity index (χ1n) is 8.93. The zero-order valence-corrected chi connectivity index (χ0v) is 16.5. The van der Waals surface area contributed by atoms with E-state index in [0.29, 0.717) is 27.9 Å². The number of carbonyl (C=O) groups excluding carboxylic acids is 2. The van der Waals surface area contributed by atoms with E-state index in [0.717, 1.165) is 5.56 Å². The van der Waals surface area contributed by atoms with Crippen LogP contribution in [0.4, 0.5) is 0 Å². The molecule has 0 radical (unpaired) electrons. The van der Waals surface area contributed by atoms with E-state index in [1.165, 1.54) is 0 Å². The van der Waals surface area contributed by atoms with Crippen LogP contribution in [0.3, 0.4) is 0 Å². The molecular weight excluding hydrogens is 408 g/mol. The molecule has 0 spiro atoms. The predicted octanol–water partition coefficient (Wildman–Crippen LogP) is 3.71. The van der Waals surface area contributed by atoms with Gasteiger partial charge in [-0.25, -0.2) is 4.79 Å². The number of nitrogens with zero attached hydrogens (tertiary/aromatic N) is 1. The molecule has 1 heterocycles. The number of nitriles is 1. The summed E-state index contributed by atoms with van der Waals surface area (Å²) in [4.78, 5) is 23.6. The van der Waals surface area contributed by atoms with Gasteiger partial charge in [0, 0.05) is 10.6 Å². The molecule has 0 bridgehead atoms. The van der Waals surface area contributed by atoms with Crippen LogP contribution in [-0.2, 0) is 20.9 Å². The van der Waals surface area contributed by atoms with E-state index in [4.69, 9.17) is 30.8 Å². The number of amides is 1. The Morgan fingerprint density at radius 3 is 2.43 bits per heavy atom. The summed E-state index contributed by atoms with van der Waals surface area (Å²) in [6, 6.07) is 19.0. The highest BCUT2D eigenvalue weighted by Gasteiger charge is 2.10. The van der Waals surface area contributed by atoms with Gasteiger partial charge in [0.25, 0.3) is 5.91 Å². The minimum absolute atomic E-state index is 0.158. The zero-order chi connectivity index (χ0) is 21.3. The second-order valence-electron chi connectivity index (χ2n) is 6.14. The van der Waals surface area contributed by atoms with Crippen LogP contribution in [0.2, 0.25) is 5.02 Å². The first-order chi connectivity index (χ1) is 14.5. The van der Waals surface area contributed by atoms with Crippen molar-refractivity contribution in [2.45, 2.75) is 6.54 Å². The Morgan fingerprint density at radius 2 is 1.73 bits per heavy atom. The average Bonchev–Trinajstić information content (AvgIpc) is 3.24. The maximum Gasteiger partial charge on any atom is 0.344 e. The number of rotatable bonds is 8. The van der Waals surface area contributed by atoms with E-state index >= 15 is 0 Å². The number of hydrogen-bond acceptors (Lipinski definition) is 6. The fourth-order valence-electron chi connectivity index (χ4n) is 2.43. The molecule has 0 saturated heterocycles. The van der Waals surface area contributed by atoms with Gasteiger partial charge in [-0.1, -0.05) is 11.6 Å². The van der Waals surface area contributed by atoms with E-state index in [2.05, 4.69) is 5.32 Å². The van der Waals surface area contributed by atoms with Crippen molar-refractivity contribution in [3.63, 3.8) is 0 Å². The number of furan rings is 1. The summed E-state index contributed by atoms with van der Waals surface area (Å²) in [6.45, 7) is -0.617. The topological polar surface area (TPSA) is 102 Å². The van der Waals surface area contributed by atoms with Gasteiger partial charge in [0.2, 0.25) is 0 Å². The molecule has 1 N–H and O–H groups in total. The third kappa shape index (κ3) is 6.12. The summed E-state index contributed by atoms with van der Waals surface area (Å²) in [5.41, 5.74) is 1.35. The summed E-state index contributed by atoms with van der Waals surface area (Å²) in [7, 11) is 0. The Kier molecular flexibility index (Phi) is 7.09. The molecule has 0 atom stereocenters. The van der Waals surface area contributed by atoms with Crippen molar-refractivity contribution in [2.24, 2.45) is 0 Å². The molecule has 0 fully saturated rings. The minimum atomic E-state index is -0.683. The van der Waals surface area contributed by atoms with E-state index in [9.17, 15) is 9.59 Å². The highest BCUT2D eigenvalue weighted by Crippen LogP contribution is 2.23. The molecule has 0 saturated carbocycles. The molecular formula is C22H17ClN2O5. The highest BCUT2D eigenvalue weighted by molar-refractivity contribution is 6.30. The molecule has 30 heavy (non-hydrogen) atoms. The number of hydrogen-bond donors (Lipinski definition) is 1. The van der Waals surface area contributed by atoms with Crippen LogP contribution >= 0.6 is 11.6 Å². The van der Waals surface area contributed by atoms with Crippen LogP contribution in [-0.4, -0.2) is 25.1 Å². The van der Waals surface area contributed by atoms with Crippen LogP contribution in [0.25, 0.3) is 11.3 Å². The number of ether oxygens (including phenoxy) is 2. The lowest BCUT2D eigenvalue weighted by Gasteiger charge is -2.07. The second-order valence-corrected chi connectivity index (χ2v) is 6.57. The molecule has 3 rings (SSSR count). The van der Waals surface area contributed by atoms with Crippen LogP contribution in [0, 0.1) is 11.3 Å². The smallest absolute Gasteiger partial charge is 0.344 e. The molecule has 2 aromatic carbocycles. The first kappa shape index (κ1) is 21.0. The molecule has 152 valence electrons. The Labute approximate surface area is 177 Å². The molecule has 0 aliphatic heterocycles. The van der Waals surface area contributed by atoms with Gasteiger partial charge in [0.15, 0.2) is 13.2 Å². The largest absolute Gasteiger partial charge is 0.482 e. The van der Waals surface area contributed by atoms with Gasteiger partial charge >= 0.3 is 5.97 Å². The number of benzene rings is 2. The van der Waals surface area contributed by atoms with Gasteiger partial charge < -0.3 is 19.2 Å². The van der Waals surface area contributed by atoms with E-state index < -0.39 is 18.5 Å². The average molecular weight is 425 g/mol. The van der Waals surface area contributed by atoms with Crippen molar-refractivity contribution >= 4 is 23.5 Å². The number of carbonyl (C=O) groups is 2. The second kappa shape index (κ2) is 10.1. The minimum Gasteiger partial charge on any atom is -0.482 e. The first-order valence-corrected chi connectivity index (χ1v) is 9.31. The van der Waals surface area contributed by atoms with Crippen molar-refractivity contribution in [3.05, 3.63) is 77.0 Å². The van der Waals surface area contributed by atoms with Gasteiger partial charge in [0.05, 0.1) is 18.2 Å². The van der Waals surface area contributed by atoms with Crippen molar-refractivity contribution in [1.82, 2.24) is 5.32 Å². The lowest BCUT2D eigenvalue weighted by Crippen LogP contribution is -2.29. The molecule has 1 aromatic heterocycles. The maximum absolute atomic E-state index is 11.9. The van der Waals surface area contributed by atoms with Crippen LogP contribution in [0.15, 0.2) is 65.1 Å². The van der Waals surface area contributed by atoms with Crippen LogP contribution < -0.4 is 10.1 Å². The lowest BCUT2D eigenvalue weighted by molar-refractivity contribution is -0.150. The highest BCUT2D eigenvalue weighted by atomic mass is 35.5. The van der Waals surface area contributed by atoms with Crippen molar-refractivity contribution in [3.8, 4) is 23.1 Å². The van der Waals surface area contributed by atoms with Crippen molar-refractivity contribution < 1.29 is 23.5 Å². The quantitative estimate of drug-likeness (QED) is 0.553. The van der Waals surface area contributed by atoms with E-state index in [1.807, 2.05) is 18.2 Å². The molecule has 8 heteroatoms. The normalized spacial score (nSPS) is 10.1. The standard InChI is InChI=1S/C22H17ClN2O5/c23-17-5-3-16(4-6-17)20-10-9-19(30-20)12-25-21(26)13-29-22(27)14-28-18-7-1-15(11-24)2-8-18/h1-10H,12-14H2,(H,25,26). The molecule has 0 aliphatic rings. The summed E-state index contributed by atoms with van der Waals surface area (Å²) < 4.78 is 15.8. The van der Waals surface area contributed by atoms with E-state index in [1.54, 1.807) is 48.5 Å². The van der Waals surface area contributed by atoms with Crippen LogP contribution in [0.5, 0.6) is 5.75 Å². The third-order valence-corrected chi connectivity index (χ3v) is 4.21. The SMILES string of the molecule is N#Cc1ccc(OCC(=O)OCC(=O)NCc2ccc(-c3ccc(Cl)cc3)o2)cc1. The fourth-order valence-corrected chi connectivity index (χ4v) is 2.56. The predicted molar refractivity (Wildman–Crippen MR) is 109 cm³/mol. The molecule has 7 nitrogen and oxygen atoms in total. The Hall–Kier alpha value is -3.76. The van der Waals surface area contributed by atoms with E-state index in [-0.39, 0.29) is 13.2 Å². The molecule has 0 unspecified atom stereocenters. The summed E-state index contributed by atoms with van der Waals surface area (Å²) in [5.74, 6) is 0.486. The fraction of sp³-hybridized carbons (Fsp3) is 0.136. The molecule has 1 amide bonds. The Balaban J connectivity index is 1.38. The summed E-state index contributed by atoms with van der Waals surface area (Å²) in [5, 5.41) is 12.0.